The molecule has 1 aliphatic rings. The Hall–Kier alpha value is -3.38. The summed E-state index contributed by atoms with van der Waals surface area (Å²) in [6.07, 6.45) is 0. The molecule has 0 aliphatic carbocycles. The summed E-state index contributed by atoms with van der Waals surface area (Å²) in [7, 11) is 1.59. The monoisotopic (exact) mass is 489 g/mol. The highest BCUT2D eigenvalue weighted by Gasteiger charge is 2.43. The van der Waals surface area contributed by atoms with Gasteiger partial charge < -0.3 is 9.15 Å². The van der Waals surface area contributed by atoms with Crippen molar-refractivity contribution in [1.29, 1.82) is 0 Å². The Morgan fingerprint density at radius 3 is 2.41 bits per heavy atom. The Morgan fingerprint density at radius 2 is 1.69 bits per heavy atom. The second-order valence-corrected chi connectivity index (χ2v) is 8.85. The minimum absolute atomic E-state index is 0.0847. The van der Waals surface area contributed by atoms with Gasteiger partial charge in [0.05, 0.1) is 24.1 Å². The molecular formula is C26H20BrNO4. The molecule has 160 valence electrons. The van der Waals surface area contributed by atoms with Crippen molar-refractivity contribution in [1.82, 2.24) is 0 Å². The summed E-state index contributed by atoms with van der Waals surface area (Å²) >= 11 is 3.44. The van der Waals surface area contributed by atoms with Gasteiger partial charge in [0.1, 0.15) is 11.3 Å². The Morgan fingerprint density at radius 1 is 0.969 bits per heavy atom. The van der Waals surface area contributed by atoms with Crippen LogP contribution < -0.4 is 15.1 Å². The topological polar surface area (TPSA) is 59.8 Å². The van der Waals surface area contributed by atoms with Gasteiger partial charge in [-0.1, -0.05) is 28.1 Å². The van der Waals surface area contributed by atoms with Gasteiger partial charge in [-0.15, -0.1) is 0 Å². The maximum atomic E-state index is 13.7. The summed E-state index contributed by atoms with van der Waals surface area (Å²) in [6.45, 7) is 3.91. The number of hydrogen-bond donors (Lipinski definition) is 0. The van der Waals surface area contributed by atoms with Crippen LogP contribution in [-0.4, -0.2) is 13.0 Å². The van der Waals surface area contributed by atoms with E-state index in [0.717, 1.165) is 21.2 Å². The van der Waals surface area contributed by atoms with Crippen molar-refractivity contribution >= 4 is 38.5 Å². The third kappa shape index (κ3) is 3.14. The van der Waals surface area contributed by atoms with Crippen molar-refractivity contribution in [3.63, 3.8) is 0 Å². The molecule has 3 aromatic carbocycles. The standard InChI is InChI=1S/C26H20BrNO4/c1-14-11-20-21(12-15(14)2)32-25-22(24(20)29)23(16-5-4-6-19(13-16)31-3)28(26(25)30)18-9-7-17(27)8-10-18/h4-13,23H,1-3H3. The van der Waals surface area contributed by atoms with Gasteiger partial charge >= 0.3 is 0 Å². The summed E-state index contributed by atoms with van der Waals surface area (Å²) in [4.78, 5) is 29.0. The Balaban J connectivity index is 1.82. The van der Waals surface area contributed by atoms with Crippen LogP contribution in [0, 0.1) is 13.8 Å². The van der Waals surface area contributed by atoms with Gasteiger partial charge in [-0.05, 0) is 79.1 Å². The fourth-order valence-corrected chi connectivity index (χ4v) is 4.49. The first kappa shape index (κ1) is 20.5. The molecule has 1 unspecified atom stereocenters. The fraction of sp³-hybridized carbons (Fsp3) is 0.154. The zero-order valence-electron chi connectivity index (χ0n) is 17.8. The lowest BCUT2D eigenvalue weighted by atomic mass is 9.97. The van der Waals surface area contributed by atoms with E-state index in [1.54, 1.807) is 12.0 Å². The summed E-state index contributed by atoms with van der Waals surface area (Å²) in [6, 6.07) is 17.9. The molecule has 1 atom stereocenters. The molecule has 5 rings (SSSR count). The molecule has 1 aliphatic heterocycles. The van der Waals surface area contributed by atoms with Crippen molar-refractivity contribution in [3.05, 3.63) is 103 Å². The van der Waals surface area contributed by atoms with Gasteiger partial charge in [-0.25, -0.2) is 0 Å². The van der Waals surface area contributed by atoms with Crippen LogP contribution >= 0.6 is 15.9 Å². The van der Waals surface area contributed by atoms with Crippen LogP contribution in [0.4, 0.5) is 5.69 Å². The normalized spacial score (nSPS) is 15.3. The second-order valence-electron chi connectivity index (χ2n) is 7.94. The van der Waals surface area contributed by atoms with E-state index in [9.17, 15) is 9.59 Å². The molecule has 0 saturated heterocycles. The highest BCUT2D eigenvalue weighted by atomic mass is 79.9. The van der Waals surface area contributed by atoms with Crippen LogP contribution in [0.15, 0.2) is 74.3 Å². The SMILES string of the molecule is COc1cccc(C2c3c(oc4cc(C)c(C)cc4c3=O)C(=O)N2c2ccc(Br)cc2)c1. The summed E-state index contributed by atoms with van der Waals surface area (Å²) in [5.74, 6) is 0.393. The molecule has 2 heterocycles. The number of methoxy groups -OCH3 is 1. The molecule has 0 saturated carbocycles. The van der Waals surface area contributed by atoms with Crippen LogP contribution in [-0.2, 0) is 0 Å². The van der Waals surface area contributed by atoms with E-state index < -0.39 is 6.04 Å². The molecule has 0 radical (unpaired) electrons. The number of halogens is 1. The molecule has 1 amide bonds. The lowest BCUT2D eigenvalue weighted by molar-refractivity contribution is 0.0971. The first-order valence-electron chi connectivity index (χ1n) is 10.2. The number of benzene rings is 3. The minimum Gasteiger partial charge on any atom is -0.497 e. The first-order valence-corrected chi connectivity index (χ1v) is 11.0. The van der Waals surface area contributed by atoms with Crippen LogP contribution in [0.25, 0.3) is 11.0 Å². The molecular weight excluding hydrogens is 470 g/mol. The number of aryl methyl sites for hydroxylation is 2. The average Bonchev–Trinajstić information content (AvgIpc) is 3.08. The molecule has 0 bridgehead atoms. The molecule has 1 aromatic heterocycles. The second kappa shape index (κ2) is 7.64. The number of carbonyl (C=O) groups is 1. The Kier molecular flexibility index (Phi) is 4.90. The lowest BCUT2D eigenvalue weighted by Gasteiger charge is -2.25. The number of rotatable bonds is 3. The maximum Gasteiger partial charge on any atom is 0.295 e. The van der Waals surface area contributed by atoms with Crippen molar-refractivity contribution in [2.45, 2.75) is 19.9 Å². The van der Waals surface area contributed by atoms with Crippen LogP contribution in [0.3, 0.4) is 0 Å². The number of fused-ring (bicyclic) bond motifs is 2. The summed E-state index contributed by atoms with van der Waals surface area (Å²) in [5, 5.41) is 0.477. The fourth-order valence-electron chi connectivity index (χ4n) is 4.22. The number of ether oxygens (including phenoxy) is 1. The van der Waals surface area contributed by atoms with E-state index >= 15 is 0 Å². The van der Waals surface area contributed by atoms with Crippen molar-refractivity contribution in [2.75, 3.05) is 12.0 Å². The molecule has 0 N–H and O–H groups in total. The van der Waals surface area contributed by atoms with Gasteiger partial charge in [0, 0.05) is 10.2 Å². The molecule has 32 heavy (non-hydrogen) atoms. The smallest absolute Gasteiger partial charge is 0.295 e. The van der Waals surface area contributed by atoms with Gasteiger partial charge in [0.15, 0.2) is 5.43 Å². The zero-order chi connectivity index (χ0) is 22.6. The number of nitrogens with zero attached hydrogens (tertiary/aromatic N) is 1. The molecule has 0 spiro atoms. The largest absolute Gasteiger partial charge is 0.497 e. The van der Waals surface area contributed by atoms with Crippen LogP contribution in [0.5, 0.6) is 5.75 Å². The highest BCUT2D eigenvalue weighted by Crippen LogP contribution is 2.42. The predicted octanol–water partition coefficient (Wildman–Crippen LogP) is 5.93. The van der Waals surface area contributed by atoms with Gasteiger partial charge in [0.2, 0.25) is 5.76 Å². The van der Waals surface area contributed by atoms with Gasteiger partial charge in [-0.2, -0.15) is 0 Å². The van der Waals surface area contributed by atoms with E-state index in [1.807, 2.05) is 74.5 Å². The van der Waals surface area contributed by atoms with Crippen molar-refractivity contribution < 1.29 is 13.9 Å². The number of carbonyl (C=O) groups excluding carboxylic acids is 1. The number of hydrogen-bond acceptors (Lipinski definition) is 4. The number of anilines is 1. The molecule has 0 fully saturated rings. The van der Waals surface area contributed by atoms with E-state index in [-0.39, 0.29) is 17.1 Å². The predicted molar refractivity (Wildman–Crippen MR) is 128 cm³/mol. The summed E-state index contributed by atoms with van der Waals surface area (Å²) in [5.41, 5.74) is 4.03. The minimum atomic E-state index is -0.629. The highest BCUT2D eigenvalue weighted by molar-refractivity contribution is 9.10. The molecule has 6 heteroatoms. The Labute approximate surface area is 193 Å². The number of amides is 1. The van der Waals surface area contributed by atoms with E-state index in [1.165, 1.54) is 0 Å². The Bertz CT molecular complexity index is 1440. The van der Waals surface area contributed by atoms with Gasteiger partial charge in [0.25, 0.3) is 5.91 Å². The van der Waals surface area contributed by atoms with E-state index in [2.05, 4.69) is 15.9 Å². The van der Waals surface area contributed by atoms with E-state index in [4.69, 9.17) is 9.15 Å². The zero-order valence-corrected chi connectivity index (χ0v) is 19.4. The molecule has 5 nitrogen and oxygen atoms in total. The molecule has 4 aromatic rings. The van der Waals surface area contributed by atoms with Gasteiger partial charge in [-0.3, -0.25) is 14.5 Å². The third-order valence-electron chi connectivity index (χ3n) is 6.00. The first-order chi connectivity index (χ1) is 15.4. The maximum absolute atomic E-state index is 13.7. The summed E-state index contributed by atoms with van der Waals surface area (Å²) < 4.78 is 12.4. The quantitative estimate of drug-likeness (QED) is 0.357. The van der Waals surface area contributed by atoms with Crippen LogP contribution in [0.1, 0.15) is 38.9 Å². The van der Waals surface area contributed by atoms with Crippen LogP contribution in [0.2, 0.25) is 0 Å². The average molecular weight is 490 g/mol. The van der Waals surface area contributed by atoms with Crippen molar-refractivity contribution in [2.24, 2.45) is 0 Å². The third-order valence-corrected chi connectivity index (χ3v) is 6.53. The van der Waals surface area contributed by atoms with Crippen molar-refractivity contribution in [3.8, 4) is 5.75 Å². The van der Waals surface area contributed by atoms with E-state index in [0.29, 0.717) is 28.0 Å². The lowest BCUT2D eigenvalue weighted by Crippen LogP contribution is -2.29.